The van der Waals surface area contributed by atoms with Crippen molar-refractivity contribution in [2.45, 2.75) is 38.8 Å². The second kappa shape index (κ2) is 6.99. The topological polar surface area (TPSA) is 33.7 Å². The molecule has 2 heterocycles. The molecule has 0 atom stereocenters. The summed E-state index contributed by atoms with van der Waals surface area (Å²) < 4.78 is 11.3. The molecule has 0 bridgehead atoms. The van der Waals surface area contributed by atoms with Gasteiger partial charge in [0.2, 0.25) is 0 Å². The number of morpholine rings is 1. The number of benzene rings is 1. The fourth-order valence-electron chi connectivity index (χ4n) is 3.26. The predicted octanol–water partition coefficient (Wildman–Crippen LogP) is 2.21. The first kappa shape index (κ1) is 15.8. The molecule has 0 amide bonds. The zero-order valence-corrected chi connectivity index (χ0v) is 13.9. The van der Waals surface area contributed by atoms with E-state index < -0.39 is 0 Å². The molecule has 1 aromatic carbocycles. The maximum Gasteiger partial charge on any atom is 0.123 e. The summed E-state index contributed by atoms with van der Waals surface area (Å²) >= 11 is 0. The summed E-state index contributed by atoms with van der Waals surface area (Å²) in [5.74, 6) is 1.06. The monoisotopic (exact) mass is 304 g/mol. The van der Waals surface area contributed by atoms with Gasteiger partial charge in [0.05, 0.1) is 13.2 Å². The molecule has 2 aliphatic heterocycles. The minimum atomic E-state index is -0.0491. The van der Waals surface area contributed by atoms with Gasteiger partial charge in [-0.25, -0.2) is 0 Å². The van der Waals surface area contributed by atoms with Crippen LogP contribution in [-0.2, 0) is 17.7 Å². The van der Waals surface area contributed by atoms with Crippen LogP contribution in [0.3, 0.4) is 0 Å². The second-order valence-electron chi connectivity index (χ2n) is 6.96. The van der Waals surface area contributed by atoms with Crippen molar-refractivity contribution in [1.82, 2.24) is 10.2 Å². The van der Waals surface area contributed by atoms with Crippen LogP contribution in [0.5, 0.6) is 5.75 Å². The van der Waals surface area contributed by atoms with Gasteiger partial charge in [-0.2, -0.15) is 0 Å². The zero-order chi connectivity index (χ0) is 15.4. The lowest BCUT2D eigenvalue weighted by molar-refractivity contribution is 0.0374. The molecule has 4 heteroatoms. The molecule has 22 heavy (non-hydrogen) atoms. The van der Waals surface area contributed by atoms with E-state index in [1.165, 1.54) is 24.1 Å². The van der Waals surface area contributed by atoms with Crippen molar-refractivity contribution in [3.8, 4) is 5.75 Å². The third-order valence-electron chi connectivity index (χ3n) is 4.39. The van der Waals surface area contributed by atoms with Crippen LogP contribution in [0, 0.1) is 0 Å². The highest BCUT2D eigenvalue weighted by molar-refractivity contribution is 5.41. The van der Waals surface area contributed by atoms with Crippen molar-refractivity contribution in [2.24, 2.45) is 0 Å². The van der Waals surface area contributed by atoms with E-state index in [-0.39, 0.29) is 5.60 Å². The molecule has 0 saturated carbocycles. The maximum atomic E-state index is 5.92. The lowest BCUT2D eigenvalue weighted by Crippen LogP contribution is -2.37. The fourth-order valence-corrected chi connectivity index (χ4v) is 3.26. The van der Waals surface area contributed by atoms with Crippen LogP contribution >= 0.6 is 0 Å². The van der Waals surface area contributed by atoms with Crippen LogP contribution in [0.15, 0.2) is 18.2 Å². The Morgan fingerprint density at radius 1 is 1.23 bits per heavy atom. The van der Waals surface area contributed by atoms with Gasteiger partial charge in [0, 0.05) is 26.1 Å². The fraction of sp³-hybridized carbons (Fsp3) is 0.667. The van der Waals surface area contributed by atoms with Gasteiger partial charge in [-0.05, 0) is 50.6 Å². The van der Waals surface area contributed by atoms with E-state index in [2.05, 4.69) is 42.3 Å². The van der Waals surface area contributed by atoms with Crippen LogP contribution in [-0.4, -0.2) is 49.9 Å². The predicted molar refractivity (Wildman–Crippen MR) is 88.4 cm³/mol. The summed E-state index contributed by atoms with van der Waals surface area (Å²) in [5, 5.41) is 3.55. The third-order valence-corrected chi connectivity index (χ3v) is 4.39. The maximum absolute atomic E-state index is 5.92. The third kappa shape index (κ3) is 4.22. The Balaban J connectivity index is 1.37. The van der Waals surface area contributed by atoms with Crippen LogP contribution in [0.1, 0.15) is 31.4 Å². The highest BCUT2D eigenvalue weighted by Crippen LogP contribution is 2.35. The lowest BCUT2D eigenvalue weighted by Gasteiger charge is -2.26. The minimum absolute atomic E-state index is 0.0491. The molecule has 3 rings (SSSR count). The van der Waals surface area contributed by atoms with Gasteiger partial charge in [-0.15, -0.1) is 0 Å². The van der Waals surface area contributed by atoms with Crippen molar-refractivity contribution in [1.29, 1.82) is 0 Å². The highest BCUT2D eigenvalue weighted by Gasteiger charge is 2.29. The van der Waals surface area contributed by atoms with Crippen molar-refractivity contribution < 1.29 is 9.47 Å². The molecule has 1 saturated heterocycles. The Morgan fingerprint density at radius 3 is 2.86 bits per heavy atom. The Kier molecular flexibility index (Phi) is 5.01. The molecule has 2 aliphatic rings. The molecule has 0 unspecified atom stereocenters. The quantitative estimate of drug-likeness (QED) is 0.817. The van der Waals surface area contributed by atoms with Crippen LogP contribution in [0.25, 0.3) is 0 Å². The molecule has 1 fully saturated rings. The number of hydrogen-bond donors (Lipinski definition) is 1. The average molecular weight is 304 g/mol. The Bertz CT molecular complexity index is 496. The summed E-state index contributed by atoms with van der Waals surface area (Å²) in [5.41, 5.74) is 2.65. The number of fused-ring (bicyclic) bond motifs is 1. The first-order valence-corrected chi connectivity index (χ1v) is 8.44. The average Bonchev–Trinajstić information content (AvgIpc) is 2.81. The van der Waals surface area contributed by atoms with Crippen molar-refractivity contribution in [2.75, 3.05) is 39.4 Å². The van der Waals surface area contributed by atoms with E-state index in [0.29, 0.717) is 0 Å². The molecule has 0 aromatic heterocycles. The number of hydrogen-bond acceptors (Lipinski definition) is 4. The Hall–Kier alpha value is -1.10. The molecule has 0 spiro atoms. The molecule has 1 aromatic rings. The molecule has 122 valence electrons. The van der Waals surface area contributed by atoms with E-state index in [9.17, 15) is 0 Å². The summed E-state index contributed by atoms with van der Waals surface area (Å²) in [6.45, 7) is 11.4. The highest BCUT2D eigenvalue weighted by atomic mass is 16.5. The lowest BCUT2D eigenvalue weighted by atomic mass is 10.0. The van der Waals surface area contributed by atoms with Gasteiger partial charge in [0.1, 0.15) is 11.4 Å². The molecule has 0 aliphatic carbocycles. The number of nitrogens with zero attached hydrogens (tertiary/aromatic N) is 1. The first-order chi connectivity index (χ1) is 10.6. The Morgan fingerprint density at radius 2 is 2.05 bits per heavy atom. The summed E-state index contributed by atoms with van der Waals surface area (Å²) in [6.07, 6.45) is 2.20. The molecular formula is C18H28N2O2. The minimum Gasteiger partial charge on any atom is -0.487 e. The van der Waals surface area contributed by atoms with Gasteiger partial charge >= 0.3 is 0 Å². The van der Waals surface area contributed by atoms with E-state index in [1.54, 1.807) is 0 Å². The van der Waals surface area contributed by atoms with Gasteiger partial charge in [-0.3, -0.25) is 4.90 Å². The smallest absolute Gasteiger partial charge is 0.123 e. The van der Waals surface area contributed by atoms with E-state index in [1.807, 2.05) is 0 Å². The molecule has 0 radical (unpaired) electrons. The number of ether oxygens (including phenoxy) is 2. The van der Waals surface area contributed by atoms with Gasteiger partial charge in [0.25, 0.3) is 0 Å². The second-order valence-corrected chi connectivity index (χ2v) is 6.96. The van der Waals surface area contributed by atoms with Crippen molar-refractivity contribution >= 4 is 0 Å². The Labute approximate surface area is 133 Å². The van der Waals surface area contributed by atoms with Crippen LogP contribution < -0.4 is 10.1 Å². The van der Waals surface area contributed by atoms with Crippen LogP contribution in [0.4, 0.5) is 0 Å². The van der Waals surface area contributed by atoms with Crippen molar-refractivity contribution in [3.63, 3.8) is 0 Å². The molecule has 4 nitrogen and oxygen atoms in total. The largest absolute Gasteiger partial charge is 0.487 e. The number of nitrogens with one attached hydrogen (secondary N) is 1. The SMILES string of the molecule is CC1(C)Cc2cc(CNCCCN3CCOCC3)ccc2O1. The van der Waals surface area contributed by atoms with E-state index in [4.69, 9.17) is 9.47 Å². The zero-order valence-electron chi connectivity index (χ0n) is 13.9. The first-order valence-electron chi connectivity index (χ1n) is 8.44. The summed E-state index contributed by atoms with van der Waals surface area (Å²) in [6, 6.07) is 6.59. The summed E-state index contributed by atoms with van der Waals surface area (Å²) in [4.78, 5) is 2.49. The van der Waals surface area contributed by atoms with Crippen molar-refractivity contribution in [3.05, 3.63) is 29.3 Å². The number of rotatable bonds is 6. The standard InChI is InChI=1S/C18H28N2O2/c1-18(2)13-16-12-15(4-5-17(16)22-18)14-19-6-3-7-20-8-10-21-11-9-20/h4-5,12,19H,3,6-11,13-14H2,1-2H3. The normalized spacial score (nSPS) is 20.6. The van der Waals surface area contributed by atoms with Gasteiger partial charge in [-0.1, -0.05) is 12.1 Å². The summed E-state index contributed by atoms with van der Waals surface area (Å²) in [7, 11) is 0. The van der Waals surface area contributed by atoms with E-state index >= 15 is 0 Å². The molecular weight excluding hydrogens is 276 g/mol. The van der Waals surface area contributed by atoms with E-state index in [0.717, 1.165) is 51.6 Å². The van der Waals surface area contributed by atoms with Gasteiger partial charge in [0.15, 0.2) is 0 Å². The van der Waals surface area contributed by atoms with Gasteiger partial charge < -0.3 is 14.8 Å². The molecule has 1 N–H and O–H groups in total. The van der Waals surface area contributed by atoms with Crippen LogP contribution in [0.2, 0.25) is 0 Å².